The summed E-state index contributed by atoms with van der Waals surface area (Å²) in [5.74, 6) is -1.08. The van der Waals surface area contributed by atoms with Gasteiger partial charge in [-0.1, -0.05) is 24.3 Å². The van der Waals surface area contributed by atoms with Crippen LogP contribution in [0.25, 0.3) is 10.8 Å². The summed E-state index contributed by atoms with van der Waals surface area (Å²) >= 11 is 0. The van der Waals surface area contributed by atoms with Crippen LogP contribution in [-0.4, -0.2) is 112 Å². The summed E-state index contributed by atoms with van der Waals surface area (Å²) in [6.45, 7) is 0.407. The van der Waals surface area contributed by atoms with Crippen molar-refractivity contribution in [1.82, 2.24) is 4.90 Å². The number of allylic oxidation sites excluding steroid dienone is 4. The number of hydrogen-bond acceptors (Lipinski definition) is 12. The number of Topliss-reactive ketones (excluding diaryl/α,β-unsaturated/α-hetero) is 1. The van der Waals surface area contributed by atoms with Crippen LogP contribution in [0.15, 0.2) is 82.5 Å². The Balaban J connectivity index is 1.17. The number of amides is 1. The predicted molar refractivity (Wildman–Crippen MR) is 184 cm³/mol. The predicted octanol–water partition coefficient (Wildman–Crippen LogP) is 2.31. The molecule has 3 aliphatic heterocycles. The quantitative estimate of drug-likeness (QED) is 0.146. The minimum atomic E-state index is -2.53. The fraction of sp³-hybridized carbons (Fsp3) is 0.316. The second kappa shape index (κ2) is 13.6. The monoisotopic (exact) mass is 697 g/mol. The third-order valence-corrected chi connectivity index (χ3v) is 9.65. The van der Waals surface area contributed by atoms with Crippen LogP contribution in [0.4, 0.5) is 0 Å². The number of phenolic OH excluding ortho intramolecular Hbond substituents is 1. The maximum atomic E-state index is 13.7. The molecule has 4 aliphatic rings. The van der Waals surface area contributed by atoms with Gasteiger partial charge in [-0.25, -0.2) is 0 Å². The van der Waals surface area contributed by atoms with Gasteiger partial charge in [-0.15, -0.1) is 0 Å². The number of benzene rings is 3. The maximum absolute atomic E-state index is 13.7. The van der Waals surface area contributed by atoms with Crippen molar-refractivity contribution in [2.75, 3.05) is 33.5 Å². The molecule has 0 aromatic heterocycles. The molecule has 5 N–H and O–H groups in total. The lowest BCUT2D eigenvalue weighted by atomic mass is 9.87. The zero-order chi connectivity index (χ0) is 36.0. The maximum Gasteiger partial charge on any atom is 0.254 e. The number of ether oxygens (including phenoxy) is 4. The van der Waals surface area contributed by atoms with Crippen molar-refractivity contribution >= 4 is 28.7 Å². The van der Waals surface area contributed by atoms with Gasteiger partial charge in [-0.3, -0.25) is 9.59 Å². The Morgan fingerprint density at radius 1 is 1.20 bits per heavy atom. The number of carbonyl (C=O) groups excluding carboxylic acids is 2. The van der Waals surface area contributed by atoms with E-state index in [9.17, 15) is 35.1 Å². The molecule has 0 spiro atoms. The lowest BCUT2D eigenvalue weighted by molar-refractivity contribution is -0.328. The Morgan fingerprint density at radius 2 is 2.00 bits per heavy atom. The minimum absolute atomic E-state index is 0.0421. The molecule has 7 rings (SSSR count). The Kier molecular flexibility index (Phi) is 9.18. The Morgan fingerprint density at radius 3 is 2.76 bits per heavy atom. The van der Waals surface area contributed by atoms with Crippen molar-refractivity contribution in [3.63, 3.8) is 0 Å². The number of fused-ring (bicyclic) bond motifs is 3. The lowest BCUT2D eigenvalue weighted by Gasteiger charge is -2.47. The summed E-state index contributed by atoms with van der Waals surface area (Å²) in [5, 5.41) is 55.8. The standard InChI is InChI=1S/C38H36N2O11/c1-20-11-22-12-24(48-2)13-29(32(22)34(44)31(20)28(42)16-40-15-21-7-3-4-9-26(21)36(40)46)50-37-38(47,19-41)35(45)33(43)30(51-37)18-49-17-23-14-39-27-10-6-5-8-25(23)27/h3-14,30,33,35,37,41,43,45,47H,15-19H2,1-2H3/p+1. The molecule has 1 amide bonds. The number of hydrogen-bond donors (Lipinski definition) is 5. The molecular formula is C38H37N2O11+. The Bertz CT molecular complexity index is 2040. The molecule has 1 fully saturated rings. The first-order chi connectivity index (χ1) is 24.5. The third-order valence-electron chi connectivity index (χ3n) is 9.65. The molecule has 0 saturated carbocycles. The van der Waals surface area contributed by atoms with Gasteiger partial charge in [-0.2, -0.15) is 4.99 Å². The van der Waals surface area contributed by atoms with E-state index in [1.165, 1.54) is 18.1 Å². The number of ketones is 1. The van der Waals surface area contributed by atoms with Crippen LogP contribution >= 0.6 is 0 Å². The Hall–Kier alpha value is -5.02. The van der Waals surface area contributed by atoms with E-state index >= 15 is 0 Å². The summed E-state index contributed by atoms with van der Waals surface area (Å²) in [5.41, 5.74) is 1.67. The van der Waals surface area contributed by atoms with Crippen LogP contribution in [0.2, 0.25) is 0 Å². The topological polar surface area (TPSA) is 188 Å². The van der Waals surface area contributed by atoms with Crippen molar-refractivity contribution < 1.29 is 54.1 Å². The van der Waals surface area contributed by atoms with Gasteiger partial charge in [0.15, 0.2) is 17.1 Å². The molecule has 0 bridgehead atoms. The first-order valence-electron chi connectivity index (χ1n) is 16.4. The van der Waals surface area contributed by atoms with Gasteiger partial charge in [0.05, 0.1) is 49.6 Å². The van der Waals surface area contributed by atoms with E-state index in [1.54, 1.807) is 37.4 Å². The molecule has 1 aliphatic carbocycles. The molecule has 5 unspecified atom stereocenters. The fourth-order valence-corrected chi connectivity index (χ4v) is 6.87. The van der Waals surface area contributed by atoms with Crippen molar-refractivity contribution in [2.24, 2.45) is 4.99 Å². The van der Waals surface area contributed by atoms with Gasteiger partial charge in [0.25, 0.3) is 5.91 Å². The molecule has 13 nitrogen and oxygen atoms in total. The highest BCUT2D eigenvalue weighted by molar-refractivity contribution is 6.10. The highest BCUT2D eigenvalue weighted by Gasteiger charge is 2.56. The Labute approximate surface area is 293 Å². The second-order valence-corrected chi connectivity index (χ2v) is 12.9. The number of aliphatic hydroxyl groups is 4. The van der Waals surface area contributed by atoms with E-state index in [0.717, 1.165) is 22.4 Å². The first-order valence-corrected chi connectivity index (χ1v) is 16.4. The lowest BCUT2D eigenvalue weighted by Crippen LogP contribution is -2.69. The molecule has 5 atom stereocenters. The number of aliphatic hydroxyl groups excluding tert-OH is 3. The average Bonchev–Trinajstić information content (AvgIpc) is 3.68. The number of aromatic hydroxyl groups is 1. The number of aryl methyl sites for hydroxylation is 1. The number of carbonyl (C=O) groups is 2. The summed E-state index contributed by atoms with van der Waals surface area (Å²) in [7, 11) is 1.42. The summed E-state index contributed by atoms with van der Waals surface area (Å²) < 4.78 is 23.4. The van der Waals surface area contributed by atoms with Crippen LogP contribution < -0.4 is 9.47 Å². The molecule has 3 aromatic rings. The highest BCUT2D eigenvalue weighted by atomic mass is 16.7. The molecule has 3 heterocycles. The molecule has 264 valence electrons. The molecular weight excluding hydrogens is 660 g/mol. The van der Waals surface area contributed by atoms with E-state index in [2.05, 4.69) is 4.99 Å². The van der Waals surface area contributed by atoms with Gasteiger partial charge in [-0.05, 0) is 35.6 Å². The van der Waals surface area contributed by atoms with Gasteiger partial charge in [0, 0.05) is 42.8 Å². The second-order valence-electron chi connectivity index (χ2n) is 12.9. The van der Waals surface area contributed by atoms with Gasteiger partial charge in [0.2, 0.25) is 6.29 Å². The third kappa shape index (κ3) is 6.07. The van der Waals surface area contributed by atoms with Gasteiger partial charge in [0.1, 0.15) is 47.7 Å². The van der Waals surface area contributed by atoms with E-state index < -0.39 is 48.3 Å². The summed E-state index contributed by atoms with van der Waals surface area (Å²) in [6, 6.07) is 11.8. The van der Waals surface area contributed by atoms with E-state index in [1.807, 2.05) is 36.8 Å². The molecule has 1 saturated heterocycles. The largest absolute Gasteiger partial charge is 0.506 e. The van der Waals surface area contributed by atoms with Crippen molar-refractivity contribution in [3.8, 4) is 17.2 Å². The molecule has 0 radical (unpaired) electrons. The number of methoxy groups -OCH3 is 1. The van der Waals surface area contributed by atoms with Crippen LogP contribution in [0.1, 0.15) is 31.8 Å². The average molecular weight is 698 g/mol. The SMILES string of the molecule is COc1cc(OC2OC(COCC3=C4[CH+]C=CC=C4N=C3)C(O)C(O)C2(O)CO)c2c(O)c(C(=O)CN3Cc4ccccc4C3=O)c(C)cc2c1. The number of aliphatic imine (C=N–C) groups is 1. The summed E-state index contributed by atoms with van der Waals surface area (Å²) in [4.78, 5) is 32.5. The normalized spacial score (nSPS) is 25.2. The van der Waals surface area contributed by atoms with E-state index in [0.29, 0.717) is 16.5 Å². The number of nitrogens with zero attached hydrogens (tertiary/aromatic N) is 2. The van der Waals surface area contributed by atoms with Crippen LogP contribution in [0, 0.1) is 13.3 Å². The number of phenols is 1. The van der Waals surface area contributed by atoms with Crippen LogP contribution in [0.5, 0.6) is 17.2 Å². The molecule has 13 heteroatoms. The minimum Gasteiger partial charge on any atom is -0.506 e. The zero-order valence-electron chi connectivity index (χ0n) is 27.9. The number of rotatable bonds is 11. The van der Waals surface area contributed by atoms with Crippen molar-refractivity contribution in [1.29, 1.82) is 0 Å². The van der Waals surface area contributed by atoms with Gasteiger partial charge < -0.3 is 49.4 Å². The smallest absolute Gasteiger partial charge is 0.254 e. The van der Waals surface area contributed by atoms with E-state index in [-0.39, 0.29) is 54.7 Å². The van der Waals surface area contributed by atoms with Crippen LogP contribution in [0.3, 0.4) is 0 Å². The van der Waals surface area contributed by atoms with Crippen molar-refractivity contribution in [2.45, 2.75) is 43.7 Å². The van der Waals surface area contributed by atoms with Crippen molar-refractivity contribution in [3.05, 3.63) is 106 Å². The van der Waals surface area contributed by atoms with E-state index in [4.69, 9.17) is 18.9 Å². The van der Waals surface area contributed by atoms with Crippen LogP contribution in [-0.2, 0) is 16.0 Å². The van der Waals surface area contributed by atoms with Gasteiger partial charge >= 0.3 is 0 Å². The molecule has 3 aromatic carbocycles. The first kappa shape index (κ1) is 34.4. The fourth-order valence-electron chi connectivity index (χ4n) is 6.87. The molecule has 51 heavy (non-hydrogen) atoms. The zero-order valence-corrected chi connectivity index (χ0v) is 27.9. The highest BCUT2D eigenvalue weighted by Crippen LogP contribution is 2.43. The summed E-state index contributed by atoms with van der Waals surface area (Å²) in [6.07, 6.45) is 2.56.